The zero-order chi connectivity index (χ0) is 44.4. The molecule has 0 spiro atoms. The van der Waals surface area contributed by atoms with E-state index in [1.807, 2.05) is 73.7 Å². The number of aliphatic hydroxyl groups is 1. The Labute approximate surface area is 384 Å². The number of rotatable bonds is 17. The number of ether oxygens (including phenoxy) is 1. The number of amides is 2. The van der Waals surface area contributed by atoms with Crippen LogP contribution in [0.15, 0.2) is 135 Å². The molecular weight excluding hydrogens is 869 g/mol. The third kappa shape index (κ3) is 11.7. The van der Waals surface area contributed by atoms with E-state index in [1.54, 1.807) is 36.0 Å². The molecule has 14 nitrogen and oxygen atoms in total. The van der Waals surface area contributed by atoms with Crippen molar-refractivity contribution < 1.29 is 24.0 Å². The lowest BCUT2D eigenvalue weighted by molar-refractivity contribution is -0.118. The van der Waals surface area contributed by atoms with Gasteiger partial charge in [-0.3, -0.25) is 14.5 Å². The number of fused-ring (bicyclic) bond motifs is 1. The molecule has 64 heavy (non-hydrogen) atoms. The standard InChI is InChI=1S/C47H52N8O6S3/c1-32(45(57)50-47-49-42-9-5-6-10-44(42)63-47)34-27-37(29-38(56)28-34)55-21-19-54(20-22-55)36-13-11-33(12-14-36)46(58)52-64(60)40-15-16-41(43(30-40)51-59)48-35(17-18-53-23-25-61-26-24-53)31-62-39-7-3-2-4-8-39/h2-16,27,29-30,32,35,38,48,56H,17-26,28,31H2,1H3,(H,52,58)(H,49,50,57)/t32-,35-,38?,64?/m1/s1. The third-order valence-electron chi connectivity index (χ3n) is 11.7. The van der Waals surface area contributed by atoms with E-state index >= 15 is 0 Å². The number of aliphatic hydroxyl groups excluding tert-OH is 1. The summed E-state index contributed by atoms with van der Waals surface area (Å²) in [7, 11) is 0. The highest BCUT2D eigenvalue weighted by atomic mass is 32.2. The van der Waals surface area contributed by atoms with E-state index in [-0.39, 0.29) is 22.5 Å². The quantitative estimate of drug-likeness (QED) is 0.0414. The minimum absolute atomic E-state index is 0.0253. The Morgan fingerprint density at radius 1 is 0.969 bits per heavy atom. The minimum atomic E-state index is -1.94. The number of benzene rings is 4. The molecule has 17 heteroatoms. The Balaban J connectivity index is 0.831. The number of aromatic nitrogens is 1. The summed E-state index contributed by atoms with van der Waals surface area (Å²) in [5.41, 5.74) is 4.57. The molecule has 0 bridgehead atoms. The first kappa shape index (κ1) is 45.3. The normalized spacial score (nSPS) is 18.4. The number of para-hydroxylation sites is 1. The van der Waals surface area contributed by atoms with Crippen LogP contribution in [0.3, 0.4) is 0 Å². The van der Waals surface area contributed by atoms with Gasteiger partial charge in [0.05, 0.1) is 41.1 Å². The number of carbonyl (C=O) groups is 2. The highest BCUT2D eigenvalue weighted by Gasteiger charge is 2.28. The first-order valence-electron chi connectivity index (χ1n) is 21.5. The van der Waals surface area contributed by atoms with Gasteiger partial charge in [-0.15, -0.1) is 16.7 Å². The van der Waals surface area contributed by atoms with Crippen molar-refractivity contribution in [2.45, 2.75) is 41.7 Å². The summed E-state index contributed by atoms with van der Waals surface area (Å²) < 4.78 is 22.5. The minimum Gasteiger partial charge on any atom is -0.588 e. The van der Waals surface area contributed by atoms with Gasteiger partial charge in [-0.05, 0) is 97.8 Å². The van der Waals surface area contributed by atoms with Crippen LogP contribution < -0.4 is 20.3 Å². The second-order valence-corrected chi connectivity index (χ2v) is 19.3. The summed E-state index contributed by atoms with van der Waals surface area (Å²) in [5, 5.41) is 21.1. The first-order chi connectivity index (χ1) is 31.2. The van der Waals surface area contributed by atoms with Crippen molar-refractivity contribution in [2.24, 2.45) is 11.1 Å². The van der Waals surface area contributed by atoms with E-state index in [4.69, 9.17) is 4.74 Å². The van der Waals surface area contributed by atoms with Gasteiger partial charge in [0.2, 0.25) is 5.91 Å². The summed E-state index contributed by atoms with van der Waals surface area (Å²) in [6, 6.07) is 29.9. The van der Waals surface area contributed by atoms with Gasteiger partial charge in [0, 0.05) is 85.5 Å². The number of nitroso groups, excluding NO2 is 1. The summed E-state index contributed by atoms with van der Waals surface area (Å²) in [5.74, 6) is -0.348. The molecule has 3 heterocycles. The number of piperazine rings is 1. The molecule has 4 N–H and O–H groups in total. The Morgan fingerprint density at radius 2 is 1.70 bits per heavy atom. The summed E-state index contributed by atoms with van der Waals surface area (Å²) >= 11 is 1.24. The Morgan fingerprint density at radius 3 is 2.45 bits per heavy atom. The van der Waals surface area contributed by atoms with E-state index < -0.39 is 29.3 Å². The van der Waals surface area contributed by atoms with Crippen molar-refractivity contribution in [3.63, 3.8) is 0 Å². The molecule has 8 rings (SSSR count). The van der Waals surface area contributed by atoms with Crippen LogP contribution in [0.2, 0.25) is 0 Å². The van der Waals surface area contributed by atoms with Crippen molar-refractivity contribution in [2.75, 3.05) is 80.3 Å². The number of anilines is 3. The highest BCUT2D eigenvalue weighted by molar-refractivity contribution is 7.99. The zero-order valence-electron chi connectivity index (χ0n) is 35.6. The largest absolute Gasteiger partial charge is 0.588 e. The number of hydrogen-bond acceptors (Lipinski definition) is 14. The fourth-order valence-electron chi connectivity index (χ4n) is 7.97. The molecule has 0 saturated carbocycles. The predicted molar refractivity (Wildman–Crippen MR) is 257 cm³/mol. The molecule has 5 aromatic rings. The number of thioether (sulfide) groups is 1. The van der Waals surface area contributed by atoms with E-state index in [0.29, 0.717) is 49.0 Å². The maximum atomic E-state index is 13.4. The molecule has 334 valence electrons. The second-order valence-electron chi connectivity index (χ2n) is 16.0. The maximum Gasteiger partial charge on any atom is 0.292 e. The molecule has 4 aromatic carbocycles. The van der Waals surface area contributed by atoms with Gasteiger partial charge in [0.15, 0.2) is 10.0 Å². The molecule has 0 radical (unpaired) electrons. The second kappa shape index (κ2) is 21.6. The molecule has 2 saturated heterocycles. The Bertz CT molecular complexity index is 2420. The van der Waals surface area contributed by atoms with Gasteiger partial charge in [-0.1, -0.05) is 47.2 Å². The lowest BCUT2D eigenvalue weighted by Gasteiger charge is -2.39. The van der Waals surface area contributed by atoms with Crippen molar-refractivity contribution in [3.05, 3.63) is 131 Å². The van der Waals surface area contributed by atoms with Crippen LogP contribution in [0.4, 0.5) is 22.2 Å². The maximum absolute atomic E-state index is 13.4. The zero-order valence-corrected chi connectivity index (χ0v) is 38.0. The smallest absolute Gasteiger partial charge is 0.292 e. The predicted octanol–water partition coefficient (Wildman–Crippen LogP) is 7.41. The fourth-order valence-corrected chi connectivity index (χ4v) is 10.6. The Hall–Kier alpha value is -5.27. The van der Waals surface area contributed by atoms with Crippen LogP contribution in [-0.4, -0.2) is 113 Å². The number of thiazole rings is 1. The topological polar surface area (TPSA) is 175 Å². The Kier molecular flexibility index (Phi) is 15.3. The molecular formula is C47H52N8O6S3. The van der Waals surface area contributed by atoms with Crippen LogP contribution in [0, 0.1) is 10.8 Å². The van der Waals surface area contributed by atoms with Gasteiger partial charge in [-0.2, -0.15) is 4.72 Å². The molecule has 2 amide bonds. The molecule has 1 aromatic heterocycles. The summed E-state index contributed by atoms with van der Waals surface area (Å²) in [4.78, 5) is 51.4. The van der Waals surface area contributed by atoms with E-state index in [1.165, 1.54) is 17.4 Å². The van der Waals surface area contributed by atoms with E-state index in [9.17, 15) is 24.2 Å². The lowest BCUT2D eigenvalue weighted by Crippen LogP contribution is -2.46. The monoisotopic (exact) mass is 920 g/mol. The number of morpholine rings is 1. The molecule has 1 aliphatic carbocycles. The van der Waals surface area contributed by atoms with Crippen molar-refractivity contribution >= 4 is 78.7 Å². The van der Waals surface area contributed by atoms with Crippen LogP contribution in [-0.2, 0) is 20.9 Å². The van der Waals surface area contributed by atoms with Gasteiger partial charge in [0.1, 0.15) is 17.0 Å². The first-order valence-corrected chi connectivity index (χ1v) is 24.5. The van der Waals surface area contributed by atoms with Crippen molar-refractivity contribution in [1.82, 2.24) is 19.5 Å². The van der Waals surface area contributed by atoms with Crippen LogP contribution in [0.1, 0.15) is 30.1 Å². The summed E-state index contributed by atoms with van der Waals surface area (Å²) in [6.45, 7) is 8.77. The number of allylic oxidation sites excluding steroid dienone is 1. The average molecular weight is 921 g/mol. The average Bonchev–Trinajstić information content (AvgIpc) is 3.75. The number of carbonyl (C=O) groups excluding carboxylic acids is 2. The van der Waals surface area contributed by atoms with Crippen LogP contribution >= 0.6 is 23.1 Å². The highest BCUT2D eigenvalue weighted by Crippen LogP contribution is 2.32. The van der Waals surface area contributed by atoms with Gasteiger partial charge < -0.3 is 34.8 Å². The number of nitrogens with zero attached hydrogens (tertiary/aromatic N) is 5. The third-order valence-corrected chi connectivity index (χ3v) is 14.9. The number of hydrogen-bond donors (Lipinski definition) is 4. The molecule has 2 aliphatic heterocycles. The van der Waals surface area contributed by atoms with Crippen molar-refractivity contribution in [1.29, 1.82) is 0 Å². The van der Waals surface area contributed by atoms with Crippen LogP contribution in [0.5, 0.6) is 0 Å². The molecule has 2 unspecified atom stereocenters. The summed E-state index contributed by atoms with van der Waals surface area (Å²) in [6.07, 6.45) is 4.42. The van der Waals surface area contributed by atoms with E-state index in [2.05, 4.69) is 52.3 Å². The van der Waals surface area contributed by atoms with Crippen LogP contribution in [0.25, 0.3) is 10.2 Å². The SMILES string of the molecule is C[C@@H](C(=O)Nc1nc2ccccc2s1)C1=CC(N2CCN(c3ccc(C(=O)N[S+]([O-])c4ccc(N[C@H](CCN5CCOCC5)CSc5ccccc5)c(N=O)c4)cc3)CC2)=CC(O)C1. The number of nitrogens with one attached hydrogen (secondary N) is 3. The molecule has 2 fully saturated rings. The van der Waals surface area contributed by atoms with Gasteiger partial charge >= 0.3 is 0 Å². The fraction of sp³-hybridized carbons (Fsp3) is 0.340. The molecule has 3 aliphatic rings. The van der Waals surface area contributed by atoms with Gasteiger partial charge in [-0.25, -0.2) is 4.98 Å². The lowest BCUT2D eigenvalue weighted by atomic mass is 9.90. The molecule has 4 atom stereocenters. The van der Waals surface area contributed by atoms with E-state index in [0.717, 1.165) is 77.1 Å². The van der Waals surface area contributed by atoms with Gasteiger partial charge in [0.25, 0.3) is 5.91 Å². The van der Waals surface area contributed by atoms with Crippen molar-refractivity contribution in [3.8, 4) is 0 Å².